The number of benzene rings is 1. The number of hydrogen-bond acceptors (Lipinski definition) is 2. The van der Waals surface area contributed by atoms with Crippen molar-refractivity contribution in [2.75, 3.05) is 0 Å². The smallest absolute Gasteiger partial charge is 0.335 e. The summed E-state index contributed by atoms with van der Waals surface area (Å²) >= 11 is 0. The van der Waals surface area contributed by atoms with Gasteiger partial charge < -0.3 is 4.74 Å². The van der Waals surface area contributed by atoms with Crippen LogP contribution in [0.5, 0.6) is 5.75 Å². The second kappa shape index (κ2) is 11.9. The average Bonchev–Trinajstić information content (AvgIpc) is 2.56. The Morgan fingerprint density at radius 2 is 1.70 bits per heavy atom. The van der Waals surface area contributed by atoms with Crippen molar-refractivity contribution in [3.63, 3.8) is 0 Å². The van der Waals surface area contributed by atoms with Gasteiger partial charge in [0.1, 0.15) is 5.75 Å². The quantitative estimate of drug-likeness (QED) is 0.204. The third-order valence-electron chi connectivity index (χ3n) is 4.16. The molecule has 0 aliphatic heterocycles. The van der Waals surface area contributed by atoms with Gasteiger partial charge >= 0.3 is 5.97 Å². The van der Waals surface area contributed by atoms with Crippen molar-refractivity contribution in [2.24, 2.45) is 0 Å². The molecule has 0 fully saturated rings. The molecule has 1 aromatic carbocycles. The van der Waals surface area contributed by atoms with E-state index in [9.17, 15) is 4.79 Å². The molecule has 1 rings (SSSR count). The zero-order valence-corrected chi connectivity index (χ0v) is 14.9. The third kappa shape index (κ3) is 7.49. The SMILES string of the molecule is C=CC(=O)Oc1cccc(CCC)c1CCCCCCCCC. The largest absolute Gasteiger partial charge is 0.423 e. The summed E-state index contributed by atoms with van der Waals surface area (Å²) in [5.41, 5.74) is 2.52. The van der Waals surface area contributed by atoms with Crippen LogP contribution in [0.3, 0.4) is 0 Å². The molecule has 0 radical (unpaired) electrons. The lowest BCUT2D eigenvalue weighted by atomic mass is 9.96. The van der Waals surface area contributed by atoms with Gasteiger partial charge in [0, 0.05) is 6.08 Å². The summed E-state index contributed by atoms with van der Waals surface area (Å²) in [7, 11) is 0. The Bertz CT molecular complexity index is 477. The predicted octanol–water partition coefficient (Wildman–Crippen LogP) is 6.02. The minimum atomic E-state index is -0.375. The Hall–Kier alpha value is -1.57. The molecule has 0 amide bonds. The number of ether oxygens (including phenoxy) is 1. The standard InChI is InChI=1S/C21H32O2/c1-4-7-8-9-10-11-12-16-19-18(14-5-2)15-13-17-20(19)23-21(22)6-3/h6,13,15,17H,3-5,7-12,14,16H2,1-2H3. The second-order valence-corrected chi connectivity index (χ2v) is 6.14. The van der Waals surface area contributed by atoms with Crippen molar-refractivity contribution >= 4 is 5.97 Å². The van der Waals surface area contributed by atoms with E-state index < -0.39 is 0 Å². The maximum Gasteiger partial charge on any atom is 0.335 e. The van der Waals surface area contributed by atoms with E-state index in [1.807, 2.05) is 12.1 Å². The molecule has 0 N–H and O–H groups in total. The van der Waals surface area contributed by atoms with Crippen molar-refractivity contribution in [1.29, 1.82) is 0 Å². The van der Waals surface area contributed by atoms with Gasteiger partial charge in [-0.05, 0) is 36.5 Å². The van der Waals surface area contributed by atoms with E-state index in [0.717, 1.165) is 25.7 Å². The van der Waals surface area contributed by atoms with Gasteiger partial charge in [-0.2, -0.15) is 0 Å². The number of carbonyl (C=O) groups excluding carboxylic acids is 1. The number of esters is 1. The zero-order chi connectivity index (χ0) is 16.9. The number of rotatable bonds is 12. The van der Waals surface area contributed by atoms with E-state index in [1.165, 1.54) is 55.7 Å². The lowest BCUT2D eigenvalue weighted by molar-refractivity contribution is -0.129. The van der Waals surface area contributed by atoms with Crippen LogP contribution >= 0.6 is 0 Å². The normalized spacial score (nSPS) is 10.5. The van der Waals surface area contributed by atoms with Crippen LogP contribution < -0.4 is 4.74 Å². The lowest BCUT2D eigenvalue weighted by Gasteiger charge is -2.14. The van der Waals surface area contributed by atoms with E-state index in [2.05, 4.69) is 26.5 Å². The van der Waals surface area contributed by atoms with E-state index in [-0.39, 0.29) is 5.97 Å². The Balaban J connectivity index is 2.61. The molecule has 0 spiro atoms. The van der Waals surface area contributed by atoms with Crippen molar-refractivity contribution in [2.45, 2.75) is 78.1 Å². The van der Waals surface area contributed by atoms with Gasteiger partial charge in [-0.15, -0.1) is 0 Å². The van der Waals surface area contributed by atoms with Crippen molar-refractivity contribution in [3.05, 3.63) is 42.0 Å². The average molecular weight is 316 g/mol. The first-order valence-corrected chi connectivity index (χ1v) is 9.17. The summed E-state index contributed by atoms with van der Waals surface area (Å²) in [6, 6.07) is 6.04. The maximum absolute atomic E-state index is 11.5. The van der Waals surface area contributed by atoms with Crippen LogP contribution in [0.15, 0.2) is 30.9 Å². The van der Waals surface area contributed by atoms with Crippen LogP contribution in [0.2, 0.25) is 0 Å². The molecule has 2 nitrogen and oxygen atoms in total. The minimum absolute atomic E-state index is 0.375. The Labute approximate surface area is 141 Å². The highest BCUT2D eigenvalue weighted by atomic mass is 16.5. The summed E-state index contributed by atoms with van der Waals surface area (Å²) < 4.78 is 5.43. The lowest BCUT2D eigenvalue weighted by Crippen LogP contribution is -2.07. The zero-order valence-electron chi connectivity index (χ0n) is 14.9. The van der Waals surface area contributed by atoms with Gasteiger partial charge in [0.15, 0.2) is 0 Å². The first-order chi connectivity index (χ1) is 11.2. The molecule has 0 aliphatic rings. The second-order valence-electron chi connectivity index (χ2n) is 6.14. The van der Waals surface area contributed by atoms with Crippen LogP contribution in [-0.2, 0) is 17.6 Å². The molecule has 23 heavy (non-hydrogen) atoms. The Morgan fingerprint density at radius 3 is 2.35 bits per heavy atom. The molecule has 0 saturated carbocycles. The highest BCUT2D eigenvalue weighted by Crippen LogP contribution is 2.26. The van der Waals surface area contributed by atoms with Crippen molar-refractivity contribution in [3.8, 4) is 5.75 Å². The third-order valence-corrected chi connectivity index (χ3v) is 4.16. The molecule has 128 valence electrons. The fourth-order valence-electron chi connectivity index (χ4n) is 2.90. The first kappa shape index (κ1) is 19.5. The summed E-state index contributed by atoms with van der Waals surface area (Å²) in [4.78, 5) is 11.5. The highest BCUT2D eigenvalue weighted by Gasteiger charge is 2.11. The van der Waals surface area contributed by atoms with Gasteiger partial charge in [-0.1, -0.05) is 77.5 Å². The molecule has 0 atom stereocenters. The minimum Gasteiger partial charge on any atom is -0.423 e. The van der Waals surface area contributed by atoms with E-state index >= 15 is 0 Å². The van der Waals surface area contributed by atoms with Gasteiger partial charge in [0.05, 0.1) is 0 Å². The monoisotopic (exact) mass is 316 g/mol. The molecule has 1 aromatic rings. The van der Waals surface area contributed by atoms with Crippen molar-refractivity contribution in [1.82, 2.24) is 0 Å². The van der Waals surface area contributed by atoms with Crippen LogP contribution in [0, 0.1) is 0 Å². The van der Waals surface area contributed by atoms with Gasteiger partial charge in [-0.3, -0.25) is 0 Å². The molecule has 0 unspecified atom stereocenters. The van der Waals surface area contributed by atoms with E-state index in [1.54, 1.807) is 0 Å². The van der Waals surface area contributed by atoms with Gasteiger partial charge in [-0.25, -0.2) is 4.79 Å². The molecular formula is C21H32O2. The highest BCUT2D eigenvalue weighted by molar-refractivity contribution is 5.83. The molecule has 0 bridgehead atoms. The fourth-order valence-corrected chi connectivity index (χ4v) is 2.90. The van der Waals surface area contributed by atoms with Crippen LogP contribution in [0.25, 0.3) is 0 Å². The summed E-state index contributed by atoms with van der Waals surface area (Å²) in [6.07, 6.45) is 13.4. The number of unbranched alkanes of at least 4 members (excludes halogenated alkanes) is 6. The molecule has 0 aromatic heterocycles. The van der Waals surface area contributed by atoms with E-state index in [0.29, 0.717) is 5.75 Å². The Morgan fingerprint density at radius 1 is 1.00 bits per heavy atom. The summed E-state index contributed by atoms with van der Waals surface area (Å²) in [6.45, 7) is 7.91. The molecule has 0 aliphatic carbocycles. The maximum atomic E-state index is 11.5. The number of aryl methyl sites for hydroxylation is 1. The van der Waals surface area contributed by atoms with Gasteiger partial charge in [0.25, 0.3) is 0 Å². The van der Waals surface area contributed by atoms with Crippen LogP contribution in [-0.4, -0.2) is 5.97 Å². The molecule has 0 heterocycles. The number of carbonyl (C=O) groups is 1. The molecular weight excluding hydrogens is 284 g/mol. The van der Waals surface area contributed by atoms with Crippen LogP contribution in [0.1, 0.15) is 76.3 Å². The van der Waals surface area contributed by atoms with E-state index in [4.69, 9.17) is 4.74 Å². The fraction of sp³-hybridized carbons (Fsp3) is 0.571. The summed E-state index contributed by atoms with van der Waals surface area (Å²) in [5, 5.41) is 0. The van der Waals surface area contributed by atoms with Crippen LogP contribution in [0.4, 0.5) is 0 Å². The number of hydrogen-bond donors (Lipinski definition) is 0. The van der Waals surface area contributed by atoms with Crippen molar-refractivity contribution < 1.29 is 9.53 Å². The topological polar surface area (TPSA) is 26.3 Å². The first-order valence-electron chi connectivity index (χ1n) is 9.17. The predicted molar refractivity (Wildman–Crippen MR) is 98.0 cm³/mol. The summed E-state index contributed by atoms with van der Waals surface area (Å²) in [5.74, 6) is 0.339. The molecule has 2 heteroatoms. The van der Waals surface area contributed by atoms with Gasteiger partial charge in [0.2, 0.25) is 0 Å². The molecule has 0 saturated heterocycles. The Kier molecular flexibility index (Phi) is 10.1.